The van der Waals surface area contributed by atoms with Crippen LogP contribution in [-0.4, -0.2) is 50.0 Å². The molecule has 6 nitrogen and oxygen atoms in total. The highest BCUT2D eigenvalue weighted by molar-refractivity contribution is 7.99. The Morgan fingerprint density at radius 3 is 2.55 bits per heavy atom. The molecule has 2 unspecified atom stereocenters. The van der Waals surface area contributed by atoms with Crippen LogP contribution in [0.5, 0.6) is 0 Å². The van der Waals surface area contributed by atoms with Crippen LogP contribution in [0.4, 0.5) is 8.78 Å². The molecule has 1 spiro atoms. The van der Waals surface area contributed by atoms with Gasteiger partial charge in [-0.2, -0.15) is 0 Å². The Labute approximate surface area is 225 Å². The van der Waals surface area contributed by atoms with Gasteiger partial charge in [-0.15, -0.1) is 10.2 Å². The second kappa shape index (κ2) is 9.93. The van der Waals surface area contributed by atoms with Crippen molar-refractivity contribution in [2.24, 2.45) is 12.5 Å². The smallest absolute Gasteiger partial charge is 0.270 e. The highest BCUT2D eigenvalue weighted by atomic mass is 32.2. The summed E-state index contributed by atoms with van der Waals surface area (Å²) in [4.78, 5) is 6.75. The Hall–Kier alpha value is -3.04. The van der Waals surface area contributed by atoms with E-state index in [1.54, 1.807) is 36.4 Å². The number of halogens is 2. The van der Waals surface area contributed by atoms with Gasteiger partial charge in [0.1, 0.15) is 6.26 Å². The van der Waals surface area contributed by atoms with Gasteiger partial charge in [0.25, 0.3) is 5.92 Å². The van der Waals surface area contributed by atoms with Crippen LogP contribution in [-0.2, 0) is 13.0 Å². The summed E-state index contributed by atoms with van der Waals surface area (Å²) >= 11 is 1.74. The summed E-state index contributed by atoms with van der Waals surface area (Å²) < 4.78 is 34.5. The number of thioether (sulfide) groups is 1. The van der Waals surface area contributed by atoms with Gasteiger partial charge >= 0.3 is 0 Å². The van der Waals surface area contributed by atoms with Gasteiger partial charge in [0, 0.05) is 43.0 Å². The second-order valence-electron chi connectivity index (χ2n) is 10.6. The fraction of sp³-hybridized carbons (Fsp3) is 0.414. The van der Waals surface area contributed by atoms with E-state index in [4.69, 9.17) is 4.42 Å². The van der Waals surface area contributed by atoms with E-state index in [0.29, 0.717) is 17.2 Å². The van der Waals surface area contributed by atoms with Crippen molar-refractivity contribution in [3.8, 4) is 22.8 Å². The fourth-order valence-electron chi connectivity index (χ4n) is 5.72. The zero-order valence-corrected chi connectivity index (χ0v) is 22.4. The van der Waals surface area contributed by atoms with Crippen molar-refractivity contribution in [3.63, 3.8) is 0 Å². The molecule has 2 fully saturated rings. The number of oxazole rings is 1. The Bertz CT molecular complexity index is 1380. The first-order valence-electron chi connectivity index (χ1n) is 13.1. The summed E-state index contributed by atoms with van der Waals surface area (Å²) in [6.07, 6.45) is 6.65. The van der Waals surface area contributed by atoms with Gasteiger partial charge in [-0.25, -0.2) is 13.8 Å². The Kier molecular flexibility index (Phi) is 6.60. The van der Waals surface area contributed by atoms with Crippen molar-refractivity contribution in [1.82, 2.24) is 24.6 Å². The monoisotopic (exact) mass is 535 g/mol. The molecular formula is C29H31F2N5OS. The minimum Gasteiger partial charge on any atom is -0.445 e. The molecule has 0 N–H and O–H groups in total. The molecule has 198 valence electrons. The molecule has 2 atom stereocenters. The topological polar surface area (TPSA) is 60.0 Å². The highest BCUT2D eigenvalue weighted by Crippen LogP contribution is 2.64. The zero-order chi connectivity index (χ0) is 26.3. The van der Waals surface area contributed by atoms with Crippen molar-refractivity contribution >= 4 is 11.8 Å². The van der Waals surface area contributed by atoms with Crippen LogP contribution in [0.25, 0.3) is 22.8 Å². The maximum Gasteiger partial charge on any atom is 0.270 e. The Morgan fingerprint density at radius 1 is 1.08 bits per heavy atom. The third kappa shape index (κ3) is 5.01. The van der Waals surface area contributed by atoms with Crippen molar-refractivity contribution in [2.75, 3.05) is 25.4 Å². The molecular weight excluding hydrogens is 504 g/mol. The first-order chi connectivity index (χ1) is 18.3. The van der Waals surface area contributed by atoms with Gasteiger partial charge in [-0.3, -0.25) is 0 Å². The molecule has 1 aliphatic heterocycles. The SMILES string of the molecule is Cn1c(SCCCN2CCC3(CC3c3ccc(C(C)(F)F)cc3)C2)nnc1-c1ccc(-c2ncco2)cc1. The molecule has 2 aromatic heterocycles. The van der Waals surface area contributed by atoms with Crippen LogP contribution in [0, 0.1) is 5.41 Å². The lowest BCUT2D eigenvalue weighted by atomic mass is 9.97. The largest absolute Gasteiger partial charge is 0.445 e. The first-order valence-corrected chi connectivity index (χ1v) is 14.0. The summed E-state index contributed by atoms with van der Waals surface area (Å²) in [7, 11) is 2.01. The van der Waals surface area contributed by atoms with Crippen LogP contribution in [0.2, 0.25) is 0 Å². The van der Waals surface area contributed by atoms with Crippen LogP contribution in [0.3, 0.4) is 0 Å². The van der Waals surface area contributed by atoms with Gasteiger partial charge in [-0.1, -0.05) is 48.2 Å². The number of nitrogens with zero attached hydrogens (tertiary/aromatic N) is 5. The van der Waals surface area contributed by atoms with E-state index in [1.807, 2.05) is 48.0 Å². The maximum absolute atomic E-state index is 13.5. The summed E-state index contributed by atoms with van der Waals surface area (Å²) in [6, 6.07) is 15.0. The van der Waals surface area contributed by atoms with E-state index in [2.05, 4.69) is 20.1 Å². The van der Waals surface area contributed by atoms with E-state index < -0.39 is 5.92 Å². The summed E-state index contributed by atoms with van der Waals surface area (Å²) in [6.45, 7) is 4.24. The minimum atomic E-state index is -2.78. The molecule has 6 rings (SSSR count). The van der Waals surface area contributed by atoms with Gasteiger partial charge in [0.2, 0.25) is 5.89 Å². The predicted octanol–water partition coefficient (Wildman–Crippen LogP) is 6.61. The third-order valence-electron chi connectivity index (χ3n) is 7.98. The first kappa shape index (κ1) is 25.2. The van der Waals surface area contributed by atoms with Crippen molar-refractivity contribution in [1.29, 1.82) is 0 Å². The van der Waals surface area contributed by atoms with Crippen LogP contribution in [0.1, 0.15) is 43.2 Å². The summed E-state index contributed by atoms with van der Waals surface area (Å²) in [5, 5.41) is 9.75. The average Bonchev–Trinajstić information content (AvgIpc) is 3.29. The standard InChI is InChI=1S/C29H31F2N5OS/c1-28(30,31)23-10-8-20(9-11-23)24-18-29(24)12-15-36(19-29)14-3-17-38-27-34-33-25(35(27)2)21-4-6-22(7-5-21)26-32-13-16-37-26/h4-11,13,16,24H,3,12,14-15,17-19H2,1-2H3. The Balaban J connectivity index is 0.976. The fourth-order valence-corrected chi connectivity index (χ4v) is 6.56. The molecule has 3 heterocycles. The van der Waals surface area contributed by atoms with Gasteiger partial charge in [0.05, 0.1) is 6.20 Å². The van der Waals surface area contributed by atoms with E-state index in [0.717, 1.165) is 60.8 Å². The Morgan fingerprint density at radius 2 is 1.84 bits per heavy atom. The molecule has 0 bridgehead atoms. The molecule has 4 aromatic rings. The van der Waals surface area contributed by atoms with Gasteiger partial charge in [-0.05, 0) is 61.4 Å². The highest BCUT2D eigenvalue weighted by Gasteiger charge is 2.57. The van der Waals surface area contributed by atoms with Crippen molar-refractivity contribution < 1.29 is 13.2 Å². The number of aromatic nitrogens is 4. The third-order valence-corrected chi connectivity index (χ3v) is 9.09. The van der Waals surface area contributed by atoms with E-state index >= 15 is 0 Å². The lowest BCUT2D eigenvalue weighted by Gasteiger charge is -2.16. The average molecular weight is 536 g/mol. The molecule has 0 radical (unpaired) electrons. The number of benzene rings is 2. The lowest BCUT2D eigenvalue weighted by Crippen LogP contribution is -2.23. The summed E-state index contributed by atoms with van der Waals surface area (Å²) in [5.74, 6) is 0.143. The number of alkyl halides is 2. The van der Waals surface area contributed by atoms with E-state index in [1.165, 1.54) is 18.4 Å². The molecule has 0 amide bonds. The normalized spacial score (nSPS) is 21.4. The van der Waals surface area contributed by atoms with Crippen LogP contribution in [0.15, 0.2) is 70.6 Å². The van der Waals surface area contributed by atoms with Crippen LogP contribution < -0.4 is 0 Å². The van der Waals surface area contributed by atoms with E-state index in [-0.39, 0.29) is 5.56 Å². The minimum absolute atomic E-state index is 0.0945. The molecule has 2 aliphatic rings. The molecule has 38 heavy (non-hydrogen) atoms. The van der Waals surface area contributed by atoms with E-state index in [9.17, 15) is 8.78 Å². The number of rotatable bonds is 9. The second-order valence-corrected chi connectivity index (χ2v) is 11.7. The van der Waals surface area contributed by atoms with Gasteiger partial charge < -0.3 is 13.9 Å². The van der Waals surface area contributed by atoms with Crippen LogP contribution >= 0.6 is 11.8 Å². The molecule has 1 aliphatic carbocycles. The number of hydrogen-bond acceptors (Lipinski definition) is 6. The van der Waals surface area contributed by atoms with Crippen molar-refractivity contribution in [3.05, 3.63) is 72.1 Å². The lowest BCUT2D eigenvalue weighted by molar-refractivity contribution is 0.0174. The van der Waals surface area contributed by atoms with Gasteiger partial charge in [0.15, 0.2) is 11.0 Å². The molecule has 2 aromatic carbocycles. The quantitative estimate of drug-likeness (QED) is 0.178. The summed E-state index contributed by atoms with van der Waals surface area (Å²) in [5.41, 5.74) is 3.57. The number of hydrogen-bond donors (Lipinski definition) is 0. The molecule has 9 heteroatoms. The van der Waals surface area contributed by atoms with Crippen molar-refractivity contribution in [2.45, 2.75) is 43.2 Å². The number of likely N-dealkylation sites (tertiary alicyclic amines) is 1. The molecule has 1 saturated carbocycles. The maximum atomic E-state index is 13.5. The molecule has 1 saturated heterocycles. The predicted molar refractivity (Wildman–Crippen MR) is 144 cm³/mol. The zero-order valence-electron chi connectivity index (χ0n) is 21.6.